The van der Waals surface area contributed by atoms with E-state index in [9.17, 15) is 22.2 Å². The Kier molecular flexibility index (Phi) is 5.92. The second kappa shape index (κ2) is 8.24. The smallest absolute Gasteiger partial charge is 0.313 e. The molecule has 0 fully saturated rings. The Morgan fingerprint density at radius 1 is 1.17 bits per heavy atom. The van der Waals surface area contributed by atoms with Crippen molar-refractivity contribution in [1.82, 2.24) is 14.3 Å². The molecule has 0 aliphatic carbocycles. The Labute approximate surface area is 167 Å². The summed E-state index contributed by atoms with van der Waals surface area (Å²) in [5, 5.41) is 4.27. The molecule has 0 saturated heterocycles. The van der Waals surface area contributed by atoms with Crippen molar-refractivity contribution in [2.45, 2.75) is 26.1 Å². The molecule has 6 nitrogen and oxygen atoms in total. The van der Waals surface area contributed by atoms with Crippen LogP contribution in [0, 0.1) is 0 Å². The number of pyridine rings is 1. The van der Waals surface area contributed by atoms with Crippen molar-refractivity contribution in [2.75, 3.05) is 11.0 Å². The van der Waals surface area contributed by atoms with Gasteiger partial charge in [0.05, 0.1) is 16.9 Å². The lowest BCUT2D eigenvalue weighted by Crippen LogP contribution is -2.19. The molecule has 3 aromatic rings. The Bertz CT molecular complexity index is 1110. The molecule has 0 bridgehead atoms. The van der Waals surface area contributed by atoms with Crippen LogP contribution in [0.3, 0.4) is 0 Å². The first kappa shape index (κ1) is 20.8. The van der Waals surface area contributed by atoms with Gasteiger partial charge in [-0.15, -0.1) is 0 Å². The van der Waals surface area contributed by atoms with Crippen LogP contribution in [-0.4, -0.2) is 24.8 Å². The SMILES string of the molecule is CCCn1cc(-n2ccc(-c3ccc(NS(C)=O)cc3C(F)(F)F)n2)ccc1=O. The van der Waals surface area contributed by atoms with Crippen molar-refractivity contribution in [3.8, 4) is 16.9 Å². The zero-order valence-electron chi connectivity index (χ0n) is 15.7. The summed E-state index contributed by atoms with van der Waals surface area (Å²) in [4.78, 5) is 11.9. The number of aromatic nitrogens is 3. The maximum atomic E-state index is 13.6. The Morgan fingerprint density at radius 3 is 2.59 bits per heavy atom. The van der Waals surface area contributed by atoms with Crippen LogP contribution in [0.15, 0.2) is 53.6 Å². The fourth-order valence-corrected chi connectivity index (χ4v) is 3.37. The highest BCUT2D eigenvalue weighted by atomic mass is 32.2. The van der Waals surface area contributed by atoms with Gasteiger partial charge in [0.15, 0.2) is 0 Å². The van der Waals surface area contributed by atoms with Crippen molar-refractivity contribution in [3.63, 3.8) is 0 Å². The van der Waals surface area contributed by atoms with Gasteiger partial charge in [-0.05, 0) is 30.7 Å². The third-order valence-corrected chi connectivity index (χ3v) is 4.67. The predicted molar refractivity (Wildman–Crippen MR) is 106 cm³/mol. The number of anilines is 1. The third-order valence-electron chi connectivity index (χ3n) is 4.15. The number of hydrogen-bond donors (Lipinski definition) is 1. The van der Waals surface area contributed by atoms with E-state index in [0.717, 1.165) is 12.5 Å². The van der Waals surface area contributed by atoms with Crippen LogP contribution in [0.5, 0.6) is 0 Å². The van der Waals surface area contributed by atoms with Crippen molar-refractivity contribution in [2.24, 2.45) is 0 Å². The molecule has 1 N–H and O–H groups in total. The van der Waals surface area contributed by atoms with Gasteiger partial charge in [0.2, 0.25) is 0 Å². The minimum Gasteiger partial charge on any atom is -0.313 e. The number of nitrogens with one attached hydrogen (secondary N) is 1. The van der Waals surface area contributed by atoms with Crippen LogP contribution < -0.4 is 10.3 Å². The lowest BCUT2D eigenvalue weighted by atomic mass is 10.0. The van der Waals surface area contributed by atoms with E-state index in [2.05, 4.69) is 9.82 Å². The summed E-state index contributed by atoms with van der Waals surface area (Å²) in [5.41, 5.74) is -0.321. The summed E-state index contributed by atoms with van der Waals surface area (Å²) in [7, 11) is -1.49. The lowest BCUT2D eigenvalue weighted by molar-refractivity contribution is -0.137. The third kappa shape index (κ3) is 4.76. The maximum Gasteiger partial charge on any atom is 0.417 e. The molecule has 1 aromatic carbocycles. The largest absolute Gasteiger partial charge is 0.417 e. The fraction of sp³-hybridized carbons (Fsp3) is 0.263. The highest BCUT2D eigenvalue weighted by Crippen LogP contribution is 2.38. The van der Waals surface area contributed by atoms with Crippen molar-refractivity contribution >= 4 is 16.7 Å². The summed E-state index contributed by atoms with van der Waals surface area (Å²) in [6.45, 7) is 2.47. The molecular weight excluding hydrogens is 405 g/mol. The van der Waals surface area contributed by atoms with Crippen LogP contribution in [0.1, 0.15) is 18.9 Å². The Balaban J connectivity index is 2.03. The number of hydrogen-bond acceptors (Lipinski definition) is 3. The molecule has 2 aromatic heterocycles. The molecule has 0 aliphatic heterocycles. The van der Waals surface area contributed by atoms with Gasteiger partial charge < -0.3 is 9.29 Å². The molecular formula is C19H19F3N4O2S. The molecule has 1 atom stereocenters. The Morgan fingerprint density at radius 2 is 1.93 bits per heavy atom. The van der Waals surface area contributed by atoms with E-state index in [0.29, 0.717) is 12.2 Å². The lowest BCUT2D eigenvalue weighted by Gasteiger charge is -2.13. The predicted octanol–water partition coefficient (Wildman–Crippen LogP) is 3.84. The minimum atomic E-state index is -4.61. The van der Waals surface area contributed by atoms with Crippen LogP contribution >= 0.6 is 0 Å². The standard InChI is InChI=1S/C19H19F3N4O2S/c1-3-9-25-12-14(5-7-18(25)27)26-10-8-17(23-26)15-6-4-13(24-29(2)28)11-16(15)19(20,21)22/h4-8,10-12,24H,3,9H2,1-2H3. The number of benzene rings is 1. The highest BCUT2D eigenvalue weighted by molar-refractivity contribution is 7.85. The van der Waals surface area contributed by atoms with E-state index in [1.165, 1.54) is 39.8 Å². The zero-order valence-corrected chi connectivity index (χ0v) is 16.5. The second-order valence-electron chi connectivity index (χ2n) is 6.38. The number of halogens is 3. The van der Waals surface area contributed by atoms with Gasteiger partial charge in [0, 0.05) is 42.5 Å². The van der Waals surface area contributed by atoms with Crippen LogP contribution in [0.2, 0.25) is 0 Å². The molecule has 1 unspecified atom stereocenters. The first-order valence-corrected chi connectivity index (χ1v) is 10.3. The molecule has 29 heavy (non-hydrogen) atoms. The number of aryl methyl sites for hydroxylation is 1. The van der Waals surface area contributed by atoms with Crippen LogP contribution in [0.4, 0.5) is 18.9 Å². The molecule has 10 heteroatoms. The van der Waals surface area contributed by atoms with E-state index >= 15 is 0 Å². The van der Waals surface area contributed by atoms with Crippen LogP contribution in [0.25, 0.3) is 16.9 Å². The van der Waals surface area contributed by atoms with E-state index in [1.54, 1.807) is 18.5 Å². The first-order chi connectivity index (χ1) is 13.7. The van der Waals surface area contributed by atoms with Crippen molar-refractivity contribution in [3.05, 3.63) is 64.7 Å². The van der Waals surface area contributed by atoms with Crippen molar-refractivity contribution < 1.29 is 17.4 Å². The van der Waals surface area contributed by atoms with E-state index in [4.69, 9.17) is 0 Å². The fourth-order valence-electron chi connectivity index (χ4n) is 2.91. The average Bonchev–Trinajstić information content (AvgIpc) is 3.12. The summed E-state index contributed by atoms with van der Waals surface area (Å²) in [6.07, 6.45) is 0.655. The number of nitrogens with zero attached hydrogens (tertiary/aromatic N) is 3. The molecule has 2 heterocycles. The number of rotatable bonds is 6. The summed E-state index contributed by atoms with van der Waals surface area (Å²) in [5.74, 6) is 0. The molecule has 0 saturated carbocycles. The summed E-state index contributed by atoms with van der Waals surface area (Å²) in [6, 6.07) is 8.08. The summed E-state index contributed by atoms with van der Waals surface area (Å²) < 4.78 is 57.4. The molecule has 3 rings (SSSR count). The van der Waals surface area contributed by atoms with Gasteiger partial charge in [-0.3, -0.25) is 4.79 Å². The maximum absolute atomic E-state index is 13.6. The average molecular weight is 424 g/mol. The normalized spacial score (nSPS) is 12.7. The van der Waals surface area contributed by atoms with Crippen LogP contribution in [-0.2, 0) is 23.7 Å². The molecule has 0 radical (unpaired) electrons. The molecule has 0 spiro atoms. The molecule has 0 aliphatic rings. The van der Waals surface area contributed by atoms with E-state index < -0.39 is 22.7 Å². The van der Waals surface area contributed by atoms with Gasteiger partial charge in [0.1, 0.15) is 11.0 Å². The zero-order chi connectivity index (χ0) is 21.2. The van der Waals surface area contributed by atoms with Gasteiger partial charge in [0.25, 0.3) is 5.56 Å². The molecule has 0 amide bonds. The van der Waals surface area contributed by atoms with E-state index in [-0.39, 0.29) is 22.5 Å². The minimum absolute atomic E-state index is 0.0921. The van der Waals surface area contributed by atoms with E-state index in [1.807, 2.05) is 6.92 Å². The van der Waals surface area contributed by atoms with Crippen molar-refractivity contribution in [1.29, 1.82) is 0 Å². The second-order valence-corrected chi connectivity index (χ2v) is 7.49. The highest BCUT2D eigenvalue weighted by Gasteiger charge is 2.34. The van der Waals surface area contributed by atoms with Gasteiger partial charge in [-0.25, -0.2) is 8.89 Å². The monoisotopic (exact) mass is 424 g/mol. The summed E-state index contributed by atoms with van der Waals surface area (Å²) >= 11 is 0. The molecule has 154 valence electrons. The quantitative estimate of drug-likeness (QED) is 0.654. The topological polar surface area (TPSA) is 68.9 Å². The van der Waals surface area contributed by atoms with Gasteiger partial charge >= 0.3 is 6.18 Å². The van der Waals surface area contributed by atoms with Gasteiger partial charge in [-0.1, -0.05) is 13.0 Å². The first-order valence-electron chi connectivity index (χ1n) is 8.77. The number of alkyl halides is 3. The Hall–Kier alpha value is -2.88. The van der Waals surface area contributed by atoms with Gasteiger partial charge in [-0.2, -0.15) is 18.3 Å².